The van der Waals surface area contributed by atoms with E-state index in [0.29, 0.717) is 41.1 Å². The molecule has 0 aliphatic rings. The van der Waals surface area contributed by atoms with Gasteiger partial charge < -0.3 is 15.2 Å². The third-order valence-corrected chi connectivity index (χ3v) is 3.06. The van der Waals surface area contributed by atoms with Crippen molar-refractivity contribution >= 4 is 28.9 Å². The Kier molecular flexibility index (Phi) is 5.16. The molecule has 0 spiro atoms. The van der Waals surface area contributed by atoms with Crippen molar-refractivity contribution in [2.24, 2.45) is 0 Å². The van der Waals surface area contributed by atoms with Gasteiger partial charge in [-0.1, -0.05) is 23.7 Å². The second-order valence-electron chi connectivity index (χ2n) is 4.58. The minimum atomic E-state index is -0.0143. The first kappa shape index (κ1) is 15.3. The van der Waals surface area contributed by atoms with Crippen LogP contribution < -0.4 is 10.6 Å². The molecule has 0 fully saturated rings. The van der Waals surface area contributed by atoms with Crippen LogP contribution in [-0.2, 0) is 11.3 Å². The van der Waals surface area contributed by atoms with Crippen LogP contribution in [0.1, 0.15) is 31.5 Å². The summed E-state index contributed by atoms with van der Waals surface area (Å²) in [5.41, 5.74) is 1.40. The van der Waals surface area contributed by atoms with Crippen LogP contribution in [0.25, 0.3) is 0 Å². The summed E-state index contributed by atoms with van der Waals surface area (Å²) in [5, 5.41) is 10.3. The number of anilines is 2. The molecule has 0 radical (unpaired) electrons. The van der Waals surface area contributed by atoms with Crippen LogP contribution in [0.3, 0.4) is 0 Å². The molecule has 7 heteroatoms. The number of hydrogen-bond acceptors (Lipinski definition) is 5. The summed E-state index contributed by atoms with van der Waals surface area (Å²) in [4.78, 5) is 15.7. The first-order chi connectivity index (χ1) is 10.1. The zero-order valence-electron chi connectivity index (χ0n) is 11.9. The summed E-state index contributed by atoms with van der Waals surface area (Å²) in [7, 11) is 0. The predicted octanol–water partition coefficient (Wildman–Crippen LogP) is 3.38. The van der Waals surface area contributed by atoms with Gasteiger partial charge in [-0.25, -0.2) is 0 Å². The lowest BCUT2D eigenvalue weighted by Gasteiger charge is -2.10. The Labute approximate surface area is 127 Å². The maximum Gasteiger partial charge on any atom is 0.224 e. The SMILES string of the molecule is CCCC(=O)Nc1ccc(Cl)c(NCc2noc(C)n2)c1. The Balaban J connectivity index is 2.03. The number of aryl methyl sites for hydroxylation is 1. The molecule has 1 aromatic heterocycles. The number of benzene rings is 1. The molecule has 21 heavy (non-hydrogen) atoms. The molecule has 0 saturated carbocycles. The van der Waals surface area contributed by atoms with E-state index in [0.717, 1.165) is 6.42 Å². The molecule has 0 bridgehead atoms. The molecule has 2 N–H and O–H groups in total. The van der Waals surface area contributed by atoms with Gasteiger partial charge in [0.15, 0.2) is 5.82 Å². The van der Waals surface area contributed by atoms with E-state index in [-0.39, 0.29) is 5.91 Å². The first-order valence-electron chi connectivity index (χ1n) is 6.71. The molecule has 0 unspecified atom stereocenters. The molecule has 1 heterocycles. The molecule has 0 atom stereocenters. The highest BCUT2D eigenvalue weighted by Gasteiger charge is 2.07. The average Bonchev–Trinajstić information content (AvgIpc) is 2.85. The van der Waals surface area contributed by atoms with Crippen molar-refractivity contribution in [3.8, 4) is 0 Å². The van der Waals surface area contributed by atoms with E-state index < -0.39 is 0 Å². The number of amides is 1. The lowest BCUT2D eigenvalue weighted by molar-refractivity contribution is -0.116. The summed E-state index contributed by atoms with van der Waals surface area (Å²) in [6.45, 7) is 4.08. The van der Waals surface area contributed by atoms with Crippen molar-refractivity contribution in [1.29, 1.82) is 0 Å². The van der Waals surface area contributed by atoms with Gasteiger partial charge in [-0.15, -0.1) is 0 Å². The predicted molar refractivity (Wildman–Crippen MR) is 81.4 cm³/mol. The molecule has 0 aliphatic heterocycles. The highest BCUT2D eigenvalue weighted by molar-refractivity contribution is 6.33. The lowest BCUT2D eigenvalue weighted by Crippen LogP contribution is -2.11. The van der Waals surface area contributed by atoms with Crippen LogP contribution in [0.5, 0.6) is 0 Å². The molecule has 0 aliphatic carbocycles. The van der Waals surface area contributed by atoms with Crippen molar-refractivity contribution in [1.82, 2.24) is 10.1 Å². The highest BCUT2D eigenvalue weighted by atomic mass is 35.5. The summed E-state index contributed by atoms with van der Waals surface area (Å²) in [6.07, 6.45) is 1.30. The van der Waals surface area contributed by atoms with Crippen LogP contribution in [-0.4, -0.2) is 16.0 Å². The minimum Gasteiger partial charge on any atom is -0.376 e. The van der Waals surface area contributed by atoms with Crippen LogP contribution in [0.2, 0.25) is 5.02 Å². The van der Waals surface area contributed by atoms with Crippen molar-refractivity contribution in [2.45, 2.75) is 33.2 Å². The monoisotopic (exact) mass is 308 g/mol. The van der Waals surface area contributed by atoms with Crippen LogP contribution in [0.15, 0.2) is 22.7 Å². The summed E-state index contributed by atoms with van der Waals surface area (Å²) >= 11 is 6.13. The van der Waals surface area contributed by atoms with E-state index in [1.807, 2.05) is 6.92 Å². The van der Waals surface area contributed by atoms with Crippen molar-refractivity contribution in [3.63, 3.8) is 0 Å². The molecule has 2 aromatic rings. The quantitative estimate of drug-likeness (QED) is 0.855. The van der Waals surface area contributed by atoms with Gasteiger partial charge in [-0.05, 0) is 24.6 Å². The van der Waals surface area contributed by atoms with E-state index in [1.54, 1.807) is 25.1 Å². The highest BCUT2D eigenvalue weighted by Crippen LogP contribution is 2.26. The maximum atomic E-state index is 11.6. The Morgan fingerprint density at radius 3 is 2.90 bits per heavy atom. The zero-order chi connectivity index (χ0) is 15.2. The number of rotatable bonds is 6. The number of carbonyl (C=O) groups excluding carboxylic acids is 1. The summed E-state index contributed by atoms with van der Waals surface area (Å²) < 4.78 is 4.90. The van der Waals surface area contributed by atoms with E-state index in [2.05, 4.69) is 20.8 Å². The molecule has 0 saturated heterocycles. The molecular formula is C14H17ClN4O2. The van der Waals surface area contributed by atoms with Gasteiger partial charge in [0.1, 0.15) is 0 Å². The molecule has 1 amide bonds. The lowest BCUT2D eigenvalue weighted by atomic mass is 10.2. The van der Waals surface area contributed by atoms with Gasteiger partial charge in [-0.2, -0.15) is 4.98 Å². The van der Waals surface area contributed by atoms with Crippen molar-refractivity contribution < 1.29 is 9.32 Å². The summed E-state index contributed by atoms with van der Waals surface area (Å²) in [5.74, 6) is 1.04. The first-order valence-corrected chi connectivity index (χ1v) is 7.08. The van der Waals surface area contributed by atoms with Gasteiger partial charge in [0.2, 0.25) is 11.8 Å². The normalized spacial score (nSPS) is 10.4. The van der Waals surface area contributed by atoms with Crippen molar-refractivity contribution in [3.05, 3.63) is 34.9 Å². The maximum absolute atomic E-state index is 11.6. The third-order valence-electron chi connectivity index (χ3n) is 2.73. The van der Waals surface area contributed by atoms with Crippen molar-refractivity contribution in [2.75, 3.05) is 10.6 Å². The van der Waals surface area contributed by atoms with Gasteiger partial charge in [0.25, 0.3) is 0 Å². The Morgan fingerprint density at radius 1 is 1.43 bits per heavy atom. The van der Waals surface area contributed by atoms with Crippen LogP contribution >= 0.6 is 11.6 Å². The number of nitrogens with one attached hydrogen (secondary N) is 2. The van der Waals surface area contributed by atoms with Crippen LogP contribution in [0, 0.1) is 6.92 Å². The van der Waals surface area contributed by atoms with E-state index in [1.165, 1.54) is 0 Å². The second kappa shape index (κ2) is 7.08. The third kappa shape index (κ3) is 4.46. The standard InChI is InChI=1S/C14H17ClN4O2/c1-3-4-14(20)18-10-5-6-11(15)12(7-10)16-8-13-17-9(2)21-19-13/h5-7,16H,3-4,8H2,1-2H3,(H,18,20). The summed E-state index contributed by atoms with van der Waals surface area (Å²) in [6, 6.07) is 5.27. The van der Waals surface area contributed by atoms with Gasteiger partial charge >= 0.3 is 0 Å². The topological polar surface area (TPSA) is 80.0 Å². The molecule has 112 valence electrons. The number of carbonyl (C=O) groups is 1. The van der Waals surface area contributed by atoms with E-state index >= 15 is 0 Å². The Morgan fingerprint density at radius 2 is 2.24 bits per heavy atom. The van der Waals surface area contributed by atoms with E-state index in [9.17, 15) is 4.79 Å². The van der Waals surface area contributed by atoms with Crippen LogP contribution in [0.4, 0.5) is 11.4 Å². The smallest absolute Gasteiger partial charge is 0.224 e. The Hall–Kier alpha value is -2.08. The molecule has 2 rings (SSSR count). The number of aromatic nitrogens is 2. The minimum absolute atomic E-state index is 0.0143. The number of hydrogen-bond donors (Lipinski definition) is 2. The number of nitrogens with zero attached hydrogens (tertiary/aromatic N) is 2. The van der Waals surface area contributed by atoms with Gasteiger partial charge in [0, 0.05) is 19.0 Å². The number of halogens is 1. The van der Waals surface area contributed by atoms with E-state index in [4.69, 9.17) is 16.1 Å². The van der Waals surface area contributed by atoms with Gasteiger partial charge in [0.05, 0.1) is 17.3 Å². The fourth-order valence-corrected chi connectivity index (χ4v) is 1.96. The Bertz CT molecular complexity index is 627. The molecular weight excluding hydrogens is 292 g/mol. The molecule has 1 aromatic carbocycles. The molecule has 6 nitrogen and oxygen atoms in total. The largest absolute Gasteiger partial charge is 0.376 e. The fourth-order valence-electron chi connectivity index (χ4n) is 1.78. The fraction of sp³-hybridized carbons (Fsp3) is 0.357. The average molecular weight is 309 g/mol. The second-order valence-corrected chi connectivity index (χ2v) is 4.98. The zero-order valence-corrected chi connectivity index (χ0v) is 12.7. The van der Waals surface area contributed by atoms with Gasteiger partial charge in [-0.3, -0.25) is 4.79 Å².